The van der Waals surface area contributed by atoms with Gasteiger partial charge in [-0.3, -0.25) is 4.79 Å². The fourth-order valence-electron chi connectivity index (χ4n) is 3.86. The van der Waals surface area contributed by atoms with Gasteiger partial charge in [-0.1, -0.05) is 35.1 Å². The van der Waals surface area contributed by atoms with Crippen LogP contribution in [0.2, 0.25) is 0 Å². The minimum atomic E-state index is -3.74. The van der Waals surface area contributed by atoms with Gasteiger partial charge in [-0.25, -0.2) is 8.42 Å². The zero-order valence-electron chi connectivity index (χ0n) is 17.3. The summed E-state index contributed by atoms with van der Waals surface area (Å²) in [5.41, 5.74) is 3.17. The maximum absolute atomic E-state index is 13.1. The Morgan fingerprint density at radius 2 is 1.83 bits per heavy atom. The molecule has 1 aromatic heterocycles. The van der Waals surface area contributed by atoms with Crippen LogP contribution in [0.25, 0.3) is 10.2 Å². The number of hydrogen-bond donors (Lipinski definition) is 0. The van der Waals surface area contributed by atoms with Crippen LogP contribution in [-0.4, -0.2) is 35.8 Å². The first kappa shape index (κ1) is 21.0. The molecule has 4 rings (SSSR count). The monoisotopic (exact) mass is 443 g/mol. The van der Waals surface area contributed by atoms with Gasteiger partial charge in [-0.15, -0.1) is 0 Å². The molecular weight excluding hydrogens is 418 g/mol. The van der Waals surface area contributed by atoms with Crippen molar-refractivity contribution in [2.75, 3.05) is 6.54 Å². The molecule has 8 heteroatoms. The van der Waals surface area contributed by atoms with Gasteiger partial charge >= 0.3 is 0 Å². The number of sulfonamides is 1. The number of hydrogen-bond acceptors (Lipinski definition) is 4. The van der Waals surface area contributed by atoms with Crippen molar-refractivity contribution in [2.24, 2.45) is 4.99 Å². The molecule has 3 aromatic rings. The number of thiazole rings is 1. The van der Waals surface area contributed by atoms with Crippen LogP contribution in [0.15, 0.2) is 52.4 Å². The van der Waals surface area contributed by atoms with Gasteiger partial charge < -0.3 is 4.57 Å². The van der Waals surface area contributed by atoms with Gasteiger partial charge in [-0.05, 0) is 63.4 Å². The highest BCUT2D eigenvalue weighted by Gasteiger charge is 2.39. The Labute approximate surface area is 180 Å². The topological polar surface area (TPSA) is 71.7 Å². The lowest BCUT2D eigenvalue weighted by molar-refractivity contribution is -0.121. The number of carbonyl (C=O) groups excluding carboxylic acids is 1. The van der Waals surface area contributed by atoms with Crippen molar-refractivity contribution in [2.45, 2.75) is 51.1 Å². The number of nitrogens with zero attached hydrogens (tertiary/aromatic N) is 3. The first-order valence-electron chi connectivity index (χ1n) is 10.1. The van der Waals surface area contributed by atoms with E-state index in [1.165, 1.54) is 15.6 Å². The van der Waals surface area contributed by atoms with E-state index in [0.717, 1.165) is 21.3 Å². The highest BCUT2D eigenvalue weighted by Crippen LogP contribution is 2.27. The molecule has 30 heavy (non-hydrogen) atoms. The number of aromatic nitrogens is 1. The summed E-state index contributed by atoms with van der Waals surface area (Å²) >= 11 is 1.46. The number of rotatable bonds is 4. The molecule has 1 unspecified atom stereocenters. The molecule has 0 aliphatic carbocycles. The molecule has 1 fully saturated rings. The molecule has 1 saturated heterocycles. The Hall–Kier alpha value is -2.29. The molecule has 0 bridgehead atoms. The van der Waals surface area contributed by atoms with Crippen LogP contribution < -0.4 is 4.80 Å². The van der Waals surface area contributed by atoms with E-state index in [0.29, 0.717) is 30.7 Å². The van der Waals surface area contributed by atoms with Crippen molar-refractivity contribution in [3.05, 3.63) is 58.4 Å². The Bertz CT molecular complexity index is 1270. The molecule has 1 amide bonds. The zero-order chi connectivity index (χ0) is 21.5. The van der Waals surface area contributed by atoms with E-state index in [1.54, 1.807) is 24.3 Å². The standard InChI is InChI=1S/C22H25N3O3S2/c1-4-24-18-12-9-16(3)14-20(18)29-22(24)23-21(26)19-6-5-13-25(19)30(27,28)17-10-7-15(2)8-11-17/h7-12,14,19H,4-6,13H2,1-3H3. The Balaban J connectivity index is 1.71. The first-order valence-corrected chi connectivity index (χ1v) is 12.3. The molecule has 1 aliphatic rings. The lowest BCUT2D eigenvalue weighted by Crippen LogP contribution is -2.40. The van der Waals surface area contributed by atoms with Crippen molar-refractivity contribution in [3.8, 4) is 0 Å². The summed E-state index contributed by atoms with van der Waals surface area (Å²) in [7, 11) is -3.74. The summed E-state index contributed by atoms with van der Waals surface area (Å²) in [5, 5.41) is 0. The quantitative estimate of drug-likeness (QED) is 0.618. The summed E-state index contributed by atoms with van der Waals surface area (Å²) in [6.07, 6.45) is 1.14. The number of carbonyl (C=O) groups is 1. The molecule has 1 atom stereocenters. The van der Waals surface area contributed by atoms with Gasteiger partial charge in [0.1, 0.15) is 6.04 Å². The predicted octanol–water partition coefficient (Wildman–Crippen LogP) is 3.62. The molecule has 1 aliphatic heterocycles. The van der Waals surface area contributed by atoms with Gasteiger partial charge in [0.25, 0.3) is 5.91 Å². The van der Waals surface area contributed by atoms with Crippen molar-refractivity contribution in [3.63, 3.8) is 0 Å². The molecule has 2 aromatic carbocycles. The number of aryl methyl sites for hydroxylation is 3. The highest BCUT2D eigenvalue weighted by molar-refractivity contribution is 7.89. The average molecular weight is 444 g/mol. The van der Waals surface area contributed by atoms with E-state index in [4.69, 9.17) is 0 Å². The third-order valence-corrected chi connectivity index (χ3v) is 8.44. The third-order valence-electron chi connectivity index (χ3n) is 5.48. The van der Waals surface area contributed by atoms with E-state index in [-0.39, 0.29) is 4.90 Å². The summed E-state index contributed by atoms with van der Waals surface area (Å²) in [5.74, 6) is -0.395. The van der Waals surface area contributed by atoms with Gasteiger partial charge in [0.2, 0.25) is 10.0 Å². The van der Waals surface area contributed by atoms with E-state index in [2.05, 4.69) is 11.1 Å². The second-order valence-corrected chi connectivity index (χ2v) is 10.5. The minimum Gasteiger partial charge on any atom is -0.317 e. The van der Waals surface area contributed by atoms with E-state index in [1.807, 2.05) is 37.5 Å². The fraction of sp³-hybridized carbons (Fsp3) is 0.364. The predicted molar refractivity (Wildman–Crippen MR) is 119 cm³/mol. The van der Waals surface area contributed by atoms with Crippen LogP contribution in [-0.2, 0) is 21.4 Å². The molecule has 0 saturated carbocycles. The van der Waals surface area contributed by atoms with Gasteiger partial charge in [0.15, 0.2) is 4.80 Å². The smallest absolute Gasteiger partial charge is 0.266 e. The molecule has 158 valence electrons. The second kappa shape index (κ2) is 8.09. The number of amides is 1. The molecule has 0 radical (unpaired) electrons. The summed E-state index contributed by atoms with van der Waals surface area (Å²) in [4.78, 5) is 18.3. The number of fused-ring (bicyclic) bond motifs is 1. The average Bonchev–Trinajstić information content (AvgIpc) is 3.32. The Morgan fingerprint density at radius 1 is 1.13 bits per heavy atom. The summed E-state index contributed by atoms with van der Waals surface area (Å²) < 4.78 is 30.7. The van der Waals surface area contributed by atoms with Crippen LogP contribution in [0, 0.1) is 13.8 Å². The van der Waals surface area contributed by atoms with Crippen LogP contribution in [0.4, 0.5) is 0 Å². The lowest BCUT2D eigenvalue weighted by Gasteiger charge is -2.21. The molecule has 2 heterocycles. The third kappa shape index (κ3) is 3.75. The van der Waals surface area contributed by atoms with Gasteiger partial charge in [0, 0.05) is 13.1 Å². The molecular formula is C22H25N3O3S2. The van der Waals surface area contributed by atoms with Crippen LogP contribution >= 0.6 is 11.3 Å². The summed E-state index contributed by atoms with van der Waals surface area (Å²) in [6.45, 7) is 6.97. The SMILES string of the molecule is CCn1c(=NC(=O)C2CCCN2S(=O)(=O)c2ccc(C)cc2)sc2cc(C)ccc21. The van der Waals surface area contributed by atoms with Gasteiger partial charge in [-0.2, -0.15) is 9.30 Å². The lowest BCUT2D eigenvalue weighted by atomic mass is 10.2. The second-order valence-electron chi connectivity index (χ2n) is 7.64. The zero-order valence-corrected chi connectivity index (χ0v) is 19.0. The maximum Gasteiger partial charge on any atom is 0.266 e. The number of benzene rings is 2. The highest BCUT2D eigenvalue weighted by atomic mass is 32.2. The maximum atomic E-state index is 13.1. The minimum absolute atomic E-state index is 0.216. The molecule has 0 N–H and O–H groups in total. The van der Waals surface area contributed by atoms with E-state index >= 15 is 0 Å². The van der Waals surface area contributed by atoms with Gasteiger partial charge in [0.05, 0.1) is 15.1 Å². The molecule has 6 nitrogen and oxygen atoms in total. The fourth-order valence-corrected chi connectivity index (χ4v) is 6.71. The normalized spacial score (nSPS) is 18.4. The van der Waals surface area contributed by atoms with Crippen LogP contribution in [0.3, 0.4) is 0 Å². The van der Waals surface area contributed by atoms with E-state index in [9.17, 15) is 13.2 Å². The summed E-state index contributed by atoms with van der Waals surface area (Å²) in [6, 6.07) is 12.1. The van der Waals surface area contributed by atoms with Crippen molar-refractivity contribution in [1.29, 1.82) is 0 Å². The van der Waals surface area contributed by atoms with Crippen LogP contribution in [0.5, 0.6) is 0 Å². The molecule has 0 spiro atoms. The van der Waals surface area contributed by atoms with Crippen molar-refractivity contribution in [1.82, 2.24) is 8.87 Å². The Morgan fingerprint density at radius 3 is 2.53 bits per heavy atom. The first-order chi connectivity index (χ1) is 14.3. The van der Waals surface area contributed by atoms with Crippen molar-refractivity contribution >= 4 is 37.5 Å². The Kier molecular flexibility index (Phi) is 5.65. The van der Waals surface area contributed by atoms with Crippen LogP contribution in [0.1, 0.15) is 30.9 Å². The van der Waals surface area contributed by atoms with Crippen molar-refractivity contribution < 1.29 is 13.2 Å². The largest absolute Gasteiger partial charge is 0.317 e. The van der Waals surface area contributed by atoms with E-state index < -0.39 is 22.0 Å².